The largest absolute Gasteiger partial charge is 0.351 e. The van der Waals surface area contributed by atoms with E-state index in [4.69, 9.17) is 16.1 Å². The van der Waals surface area contributed by atoms with Crippen molar-refractivity contribution in [3.63, 3.8) is 0 Å². The molecule has 134 valence electrons. The Morgan fingerprint density at radius 2 is 1.88 bits per heavy atom. The minimum Gasteiger partial charge on any atom is -0.351 e. The predicted octanol–water partition coefficient (Wildman–Crippen LogP) is 4.08. The van der Waals surface area contributed by atoms with Crippen LogP contribution in [0.3, 0.4) is 0 Å². The first-order valence-corrected chi connectivity index (χ1v) is 9.31. The highest BCUT2D eigenvalue weighted by Crippen LogP contribution is 2.20. The van der Waals surface area contributed by atoms with Crippen LogP contribution in [-0.2, 0) is 17.1 Å². The van der Waals surface area contributed by atoms with Crippen molar-refractivity contribution in [2.75, 3.05) is 5.75 Å². The first-order chi connectivity index (χ1) is 12.6. The molecule has 1 amide bonds. The van der Waals surface area contributed by atoms with Gasteiger partial charge in [-0.15, -0.1) is 11.8 Å². The highest BCUT2D eigenvalue weighted by atomic mass is 35.5. The van der Waals surface area contributed by atoms with Crippen molar-refractivity contribution in [3.05, 3.63) is 70.8 Å². The molecule has 1 heterocycles. The number of carbonyl (C=O) groups excluding carboxylic acids is 1. The van der Waals surface area contributed by atoms with E-state index in [0.29, 0.717) is 29.0 Å². The SMILES string of the molecule is O=C(CSCc1nc(-c2ccc(Cl)cc2)no1)NCc1ccc(F)cc1. The maximum atomic E-state index is 12.8. The van der Waals surface area contributed by atoms with Crippen molar-refractivity contribution in [3.8, 4) is 11.4 Å². The van der Waals surface area contributed by atoms with Gasteiger partial charge in [0.1, 0.15) is 5.82 Å². The number of carbonyl (C=O) groups is 1. The third-order valence-corrected chi connectivity index (χ3v) is 4.60. The molecule has 1 N–H and O–H groups in total. The Bertz CT molecular complexity index is 869. The molecule has 0 atom stereocenters. The maximum absolute atomic E-state index is 12.8. The molecule has 0 saturated heterocycles. The molecule has 0 aliphatic carbocycles. The number of benzene rings is 2. The number of nitrogens with one attached hydrogen (secondary N) is 1. The topological polar surface area (TPSA) is 68.0 Å². The molecule has 5 nitrogen and oxygen atoms in total. The highest BCUT2D eigenvalue weighted by Gasteiger charge is 2.10. The lowest BCUT2D eigenvalue weighted by Crippen LogP contribution is -2.24. The van der Waals surface area contributed by atoms with Crippen molar-refractivity contribution in [1.82, 2.24) is 15.5 Å². The molecular weight excluding hydrogens is 377 g/mol. The zero-order valence-electron chi connectivity index (χ0n) is 13.6. The zero-order valence-corrected chi connectivity index (χ0v) is 15.2. The molecule has 0 spiro atoms. The molecule has 0 radical (unpaired) electrons. The van der Waals surface area contributed by atoms with E-state index in [2.05, 4.69) is 15.5 Å². The molecule has 0 aliphatic rings. The summed E-state index contributed by atoms with van der Waals surface area (Å²) in [5, 5.41) is 7.34. The van der Waals surface area contributed by atoms with Gasteiger partial charge in [0.25, 0.3) is 0 Å². The Labute approximate surface area is 158 Å². The summed E-state index contributed by atoms with van der Waals surface area (Å²) in [4.78, 5) is 16.1. The van der Waals surface area contributed by atoms with Crippen molar-refractivity contribution in [2.24, 2.45) is 0 Å². The summed E-state index contributed by atoms with van der Waals surface area (Å²) in [7, 11) is 0. The molecule has 0 saturated carbocycles. The molecule has 0 unspecified atom stereocenters. The summed E-state index contributed by atoms with van der Waals surface area (Å²) in [6.45, 7) is 0.362. The standard InChI is InChI=1S/C18H15ClFN3O2S/c19-14-5-3-13(4-6-14)18-22-17(25-23-18)11-26-10-16(24)21-9-12-1-7-15(20)8-2-12/h1-8H,9-11H2,(H,21,24). The molecule has 1 aromatic heterocycles. The minimum absolute atomic E-state index is 0.114. The van der Waals surface area contributed by atoms with Crippen LogP contribution in [-0.4, -0.2) is 21.8 Å². The first kappa shape index (κ1) is 18.4. The highest BCUT2D eigenvalue weighted by molar-refractivity contribution is 7.99. The monoisotopic (exact) mass is 391 g/mol. The normalized spacial score (nSPS) is 10.7. The molecule has 26 heavy (non-hydrogen) atoms. The van der Waals surface area contributed by atoms with Crippen LogP contribution in [0.5, 0.6) is 0 Å². The van der Waals surface area contributed by atoms with Crippen molar-refractivity contribution in [1.29, 1.82) is 0 Å². The Kier molecular flexibility index (Phi) is 6.25. The second-order valence-corrected chi connectivity index (χ2v) is 6.84. The van der Waals surface area contributed by atoms with Gasteiger partial charge in [-0.25, -0.2) is 4.39 Å². The van der Waals surface area contributed by atoms with E-state index in [1.165, 1.54) is 23.9 Å². The van der Waals surface area contributed by atoms with Crippen molar-refractivity contribution < 1.29 is 13.7 Å². The lowest BCUT2D eigenvalue weighted by molar-refractivity contribution is -0.118. The predicted molar refractivity (Wildman–Crippen MR) is 99.2 cm³/mol. The zero-order chi connectivity index (χ0) is 18.4. The molecule has 3 rings (SSSR count). The van der Waals surface area contributed by atoms with E-state index < -0.39 is 0 Å². The third-order valence-electron chi connectivity index (χ3n) is 3.43. The molecule has 8 heteroatoms. The summed E-state index contributed by atoms with van der Waals surface area (Å²) >= 11 is 7.23. The first-order valence-electron chi connectivity index (χ1n) is 7.77. The lowest BCUT2D eigenvalue weighted by Gasteiger charge is -2.04. The molecule has 3 aromatic rings. The van der Waals surface area contributed by atoms with Gasteiger partial charge in [-0.05, 0) is 42.0 Å². The van der Waals surface area contributed by atoms with E-state index in [9.17, 15) is 9.18 Å². The molecule has 2 aromatic carbocycles. The number of rotatable bonds is 7. The number of hydrogen-bond donors (Lipinski definition) is 1. The number of thioether (sulfide) groups is 1. The molecular formula is C18H15ClFN3O2S. The Balaban J connectivity index is 1.42. The van der Waals surface area contributed by atoms with Crippen LogP contribution >= 0.6 is 23.4 Å². The Morgan fingerprint density at radius 1 is 1.15 bits per heavy atom. The maximum Gasteiger partial charge on any atom is 0.236 e. The smallest absolute Gasteiger partial charge is 0.236 e. The quantitative estimate of drug-likeness (QED) is 0.657. The summed E-state index contributed by atoms with van der Waals surface area (Å²) in [5.74, 6) is 1.22. The Hall–Kier alpha value is -2.38. The van der Waals surface area contributed by atoms with E-state index in [1.54, 1.807) is 24.3 Å². The van der Waals surface area contributed by atoms with Crippen molar-refractivity contribution >= 4 is 29.3 Å². The van der Waals surface area contributed by atoms with Crippen LogP contribution in [0.4, 0.5) is 4.39 Å². The molecule has 0 bridgehead atoms. The van der Waals surface area contributed by atoms with Gasteiger partial charge in [0.05, 0.1) is 11.5 Å². The minimum atomic E-state index is -0.298. The van der Waals surface area contributed by atoms with Crippen LogP contribution in [0, 0.1) is 5.82 Å². The molecule has 0 fully saturated rings. The second-order valence-electron chi connectivity index (χ2n) is 5.41. The summed E-state index contributed by atoms with van der Waals surface area (Å²) in [5.41, 5.74) is 1.65. The average Bonchev–Trinajstić information content (AvgIpc) is 3.11. The summed E-state index contributed by atoms with van der Waals surface area (Å²) in [6, 6.07) is 13.1. The number of aromatic nitrogens is 2. The number of nitrogens with zero attached hydrogens (tertiary/aromatic N) is 2. The average molecular weight is 392 g/mol. The Morgan fingerprint density at radius 3 is 2.62 bits per heavy atom. The van der Waals surface area contributed by atoms with E-state index in [1.807, 2.05) is 12.1 Å². The fourth-order valence-electron chi connectivity index (χ4n) is 2.11. The second kappa shape index (κ2) is 8.82. The van der Waals surface area contributed by atoms with Crippen LogP contribution in [0.2, 0.25) is 5.02 Å². The fourth-order valence-corrected chi connectivity index (χ4v) is 2.92. The van der Waals surface area contributed by atoms with Crippen LogP contribution in [0.1, 0.15) is 11.5 Å². The van der Waals surface area contributed by atoms with E-state index >= 15 is 0 Å². The van der Waals surface area contributed by atoms with Gasteiger partial charge in [0.15, 0.2) is 0 Å². The lowest BCUT2D eigenvalue weighted by atomic mass is 10.2. The van der Waals surface area contributed by atoms with Crippen molar-refractivity contribution in [2.45, 2.75) is 12.3 Å². The molecule has 0 aliphatic heterocycles. The number of hydrogen-bond acceptors (Lipinski definition) is 5. The van der Waals surface area contributed by atoms with Gasteiger partial charge >= 0.3 is 0 Å². The fraction of sp³-hybridized carbons (Fsp3) is 0.167. The number of amides is 1. The van der Waals surface area contributed by atoms with Gasteiger partial charge in [-0.1, -0.05) is 28.9 Å². The summed E-state index contributed by atoms with van der Waals surface area (Å²) in [6.07, 6.45) is 0. The van der Waals surface area contributed by atoms with Gasteiger partial charge in [-0.2, -0.15) is 4.98 Å². The third kappa shape index (κ3) is 5.31. The van der Waals surface area contributed by atoms with E-state index in [0.717, 1.165) is 11.1 Å². The van der Waals surface area contributed by atoms with Gasteiger partial charge < -0.3 is 9.84 Å². The van der Waals surface area contributed by atoms with Crippen LogP contribution < -0.4 is 5.32 Å². The van der Waals surface area contributed by atoms with Gasteiger partial charge in [0, 0.05) is 17.1 Å². The van der Waals surface area contributed by atoms with Gasteiger partial charge in [-0.3, -0.25) is 4.79 Å². The summed E-state index contributed by atoms with van der Waals surface area (Å²) < 4.78 is 18.0. The van der Waals surface area contributed by atoms with Gasteiger partial charge in [0.2, 0.25) is 17.6 Å². The number of halogens is 2. The van der Waals surface area contributed by atoms with Crippen LogP contribution in [0.25, 0.3) is 11.4 Å². The van der Waals surface area contributed by atoms with Crippen LogP contribution in [0.15, 0.2) is 53.1 Å². The van der Waals surface area contributed by atoms with E-state index in [-0.39, 0.29) is 17.5 Å².